The zero-order chi connectivity index (χ0) is 26.3. The maximum atomic E-state index is 12.6. The first-order valence-corrected chi connectivity index (χ1v) is 12.7. The highest BCUT2D eigenvalue weighted by Crippen LogP contribution is 2.28. The number of fused-ring (bicyclic) bond motifs is 1. The second-order valence-electron chi connectivity index (χ2n) is 7.81. The van der Waals surface area contributed by atoms with Crippen LogP contribution in [0.15, 0.2) is 94.9 Å². The third-order valence-corrected chi connectivity index (χ3v) is 6.57. The van der Waals surface area contributed by atoms with Crippen LogP contribution in [0.4, 0.5) is 5.69 Å². The van der Waals surface area contributed by atoms with Gasteiger partial charge in [0.05, 0.1) is 31.0 Å². The van der Waals surface area contributed by atoms with Crippen molar-refractivity contribution < 1.29 is 27.4 Å². The lowest BCUT2D eigenvalue weighted by Crippen LogP contribution is -2.20. The first kappa shape index (κ1) is 25.5. The number of hydrogen-bond acceptors (Lipinski definition) is 7. The van der Waals surface area contributed by atoms with E-state index in [4.69, 9.17) is 14.2 Å². The van der Waals surface area contributed by atoms with Crippen LogP contribution >= 0.6 is 0 Å². The third kappa shape index (κ3) is 6.36. The molecule has 2 N–H and O–H groups in total. The van der Waals surface area contributed by atoms with Crippen LogP contribution in [0, 0.1) is 0 Å². The van der Waals surface area contributed by atoms with Gasteiger partial charge in [-0.05, 0) is 58.8 Å². The maximum Gasteiger partial charge on any atom is 0.276 e. The first-order chi connectivity index (χ1) is 17.9. The van der Waals surface area contributed by atoms with Gasteiger partial charge in [0, 0.05) is 0 Å². The van der Waals surface area contributed by atoms with E-state index in [9.17, 15) is 13.2 Å². The fourth-order valence-electron chi connectivity index (χ4n) is 3.52. The molecular formula is C27H25N3O6S. The molecule has 0 unspecified atom stereocenters. The number of methoxy groups -OCH3 is 2. The van der Waals surface area contributed by atoms with Crippen LogP contribution < -0.4 is 24.4 Å². The minimum Gasteiger partial charge on any atom is -0.495 e. The SMILES string of the molecule is COc1ccccc1NC(=O)COc1ccc(/C=N/NS(=O)(=O)c2ccc3ccccc3c2)cc1OC. The molecule has 0 bridgehead atoms. The molecule has 0 aliphatic rings. The number of benzene rings is 4. The summed E-state index contributed by atoms with van der Waals surface area (Å²) in [4.78, 5) is 14.7. The van der Waals surface area contributed by atoms with E-state index in [1.54, 1.807) is 54.6 Å². The molecule has 0 fully saturated rings. The monoisotopic (exact) mass is 519 g/mol. The van der Waals surface area contributed by atoms with Crippen LogP contribution in [0.25, 0.3) is 10.8 Å². The van der Waals surface area contributed by atoms with E-state index in [1.165, 1.54) is 26.5 Å². The van der Waals surface area contributed by atoms with E-state index in [-0.39, 0.29) is 17.4 Å². The molecule has 4 aromatic rings. The highest BCUT2D eigenvalue weighted by Gasteiger charge is 2.14. The summed E-state index contributed by atoms with van der Waals surface area (Å²) < 4.78 is 41.5. The molecule has 0 aliphatic carbocycles. The van der Waals surface area contributed by atoms with Crippen molar-refractivity contribution in [2.24, 2.45) is 5.10 Å². The minimum absolute atomic E-state index is 0.107. The topological polar surface area (TPSA) is 115 Å². The van der Waals surface area contributed by atoms with Gasteiger partial charge in [0.2, 0.25) is 0 Å². The second kappa shape index (κ2) is 11.4. The largest absolute Gasteiger partial charge is 0.495 e. The second-order valence-corrected chi connectivity index (χ2v) is 9.47. The molecule has 0 spiro atoms. The summed E-state index contributed by atoms with van der Waals surface area (Å²) >= 11 is 0. The van der Waals surface area contributed by atoms with Crippen LogP contribution in [-0.2, 0) is 14.8 Å². The molecule has 0 atom stereocenters. The van der Waals surface area contributed by atoms with Gasteiger partial charge in [-0.15, -0.1) is 0 Å². The Hall–Kier alpha value is -4.57. The Labute approximate surface area is 214 Å². The fraction of sp³-hybridized carbons (Fsp3) is 0.111. The highest BCUT2D eigenvalue weighted by molar-refractivity contribution is 7.89. The Balaban J connectivity index is 1.38. The molecule has 190 valence electrons. The number of carbonyl (C=O) groups excluding carboxylic acids is 1. The number of hydrogen-bond donors (Lipinski definition) is 2. The number of sulfonamides is 1. The number of anilines is 1. The van der Waals surface area contributed by atoms with Crippen molar-refractivity contribution in [1.29, 1.82) is 0 Å². The molecule has 9 nitrogen and oxygen atoms in total. The van der Waals surface area contributed by atoms with E-state index < -0.39 is 10.0 Å². The zero-order valence-electron chi connectivity index (χ0n) is 20.2. The number of rotatable bonds is 10. The number of hydrazone groups is 1. The lowest BCUT2D eigenvalue weighted by molar-refractivity contribution is -0.118. The van der Waals surface area contributed by atoms with Crippen molar-refractivity contribution in [2.45, 2.75) is 4.90 Å². The molecule has 0 radical (unpaired) electrons. The van der Waals surface area contributed by atoms with Crippen molar-refractivity contribution in [3.63, 3.8) is 0 Å². The Morgan fingerprint density at radius 3 is 2.35 bits per heavy atom. The van der Waals surface area contributed by atoms with Crippen LogP contribution in [0.5, 0.6) is 17.2 Å². The normalized spacial score (nSPS) is 11.3. The Bertz CT molecular complexity index is 1550. The van der Waals surface area contributed by atoms with Gasteiger partial charge in [-0.3, -0.25) is 4.79 Å². The van der Waals surface area contributed by atoms with Crippen LogP contribution in [0.1, 0.15) is 5.56 Å². The molecule has 4 aromatic carbocycles. The van der Waals surface area contributed by atoms with E-state index in [2.05, 4.69) is 15.2 Å². The summed E-state index contributed by atoms with van der Waals surface area (Å²) in [5, 5.41) is 8.36. The van der Waals surface area contributed by atoms with Gasteiger partial charge in [0.25, 0.3) is 15.9 Å². The molecule has 0 aromatic heterocycles. The van der Waals surface area contributed by atoms with E-state index in [1.807, 2.05) is 24.3 Å². The highest BCUT2D eigenvalue weighted by atomic mass is 32.2. The fourth-order valence-corrected chi connectivity index (χ4v) is 4.34. The number of ether oxygens (including phenoxy) is 3. The summed E-state index contributed by atoms with van der Waals surface area (Å²) in [6.07, 6.45) is 1.35. The standard InChI is InChI=1S/C27H25N3O6S/c1-34-24-10-6-5-9-23(24)29-27(31)18-36-25-14-11-19(15-26(25)35-2)17-28-30-37(32,33)22-13-12-20-7-3-4-8-21(20)16-22/h3-17,30H,18H2,1-2H3,(H,29,31)/b28-17+. The molecule has 0 aliphatic heterocycles. The number of amides is 1. The number of nitrogens with zero attached hydrogens (tertiary/aromatic N) is 1. The minimum atomic E-state index is -3.85. The van der Waals surface area contributed by atoms with Gasteiger partial charge < -0.3 is 19.5 Å². The van der Waals surface area contributed by atoms with Gasteiger partial charge >= 0.3 is 0 Å². The number of carbonyl (C=O) groups is 1. The zero-order valence-corrected chi connectivity index (χ0v) is 21.0. The quantitative estimate of drug-likeness (QED) is 0.240. The summed E-state index contributed by atoms with van der Waals surface area (Å²) in [5.74, 6) is 0.853. The van der Waals surface area contributed by atoms with Gasteiger partial charge in [-0.1, -0.05) is 42.5 Å². The van der Waals surface area contributed by atoms with Gasteiger partial charge in [0.15, 0.2) is 18.1 Å². The van der Waals surface area contributed by atoms with Crippen molar-refractivity contribution in [1.82, 2.24) is 4.83 Å². The van der Waals surface area contributed by atoms with Crippen LogP contribution in [-0.4, -0.2) is 41.4 Å². The maximum absolute atomic E-state index is 12.6. The molecule has 4 rings (SSSR count). The lowest BCUT2D eigenvalue weighted by Gasteiger charge is -2.12. The first-order valence-electron chi connectivity index (χ1n) is 11.2. The Morgan fingerprint density at radius 1 is 0.838 bits per heavy atom. The van der Waals surface area contributed by atoms with Crippen molar-refractivity contribution >= 4 is 38.6 Å². The van der Waals surface area contributed by atoms with E-state index in [0.717, 1.165) is 10.8 Å². The predicted octanol–water partition coefficient (Wildman–Crippen LogP) is 4.19. The molecule has 0 saturated heterocycles. The summed E-state index contributed by atoms with van der Waals surface area (Å²) in [6.45, 7) is -0.257. The van der Waals surface area contributed by atoms with Gasteiger partial charge in [-0.2, -0.15) is 13.5 Å². The smallest absolute Gasteiger partial charge is 0.276 e. The van der Waals surface area contributed by atoms with Gasteiger partial charge in [0.1, 0.15) is 5.75 Å². The lowest BCUT2D eigenvalue weighted by atomic mass is 10.1. The number of para-hydroxylation sites is 2. The predicted molar refractivity (Wildman–Crippen MR) is 142 cm³/mol. The van der Waals surface area contributed by atoms with E-state index in [0.29, 0.717) is 28.5 Å². The Kier molecular flexibility index (Phi) is 7.89. The molecule has 10 heteroatoms. The molecule has 37 heavy (non-hydrogen) atoms. The van der Waals surface area contributed by atoms with E-state index >= 15 is 0 Å². The van der Waals surface area contributed by atoms with Crippen molar-refractivity contribution in [3.05, 3.63) is 90.5 Å². The molecule has 0 heterocycles. The molecular weight excluding hydrogens is 494 g/mol. The van der Waals surface area contributed by atoms with Crippen LogP contribution in [0.3, 0.4) is 0 Å². The third-order valence-electron chi connectivity index (χ3n) is 5.35. The molecule has 1 amide bonds. The summed E-state index contributed by atoms with van der Waals surface area (Å²) in [7, 11) is -0.874. The summed E-state index contributed by atoms with van der Waals surface area (Å²) in [5.41, 5.74) is 1.09. The van der Waals surface area contributed by atoms with Crippen molar-refractivity contribution in [2.75, 3.05) is 26.1 Å². The van der Waals surface area contributed by atoms with Crippen LogP contribution in [0.2, 0.25) is 0 Å². The summed E-state index contributed by atoms with van der Waals surface area (Å²) in [6, 6.07) is 24.3. The van der Waals surface area contributed by atoms with Crippen molar-refractivity contribution in [3.8, 4) is 17.2 Å². The molecule has 0 saturated carbocycles. The average Bonchev–Trinajstić information content (AvgIpc) is 2.92. The average molecular weight is 520 g/mol. The Morgan fingerprint density at radius 2 is 1.57 bits per heavy atom. The van der Waals surface area contributed by atoms with Gasteiger partial charge in [-0.25, -0.2) is 4.83 Å². The number of nitrogens with one attached hydrogen (secondary N) is 2.